The van der Waals surface area contributed by atoms with Crippen molar-refractivity contribution in [2.75, 3.05) is 0 Å². The van der Waals surface area contributed by atoms with Crippen LogP contribution in [-0.2, 0) is 11.2 Å². The summed E-state index contributed by atoms with van der Waals surface area (Å²) in [5, 5.41) is 8.67. The summed E-state index contributed by atoms with van der Waals surface area (Å²) < 4.78 is 13.2. The summed E-state index contributed by atoms with van der Waals surface area (Å²) >= 11 is 5.43. The van der Waals surface area contributed by atoms with E-state index in [1.165, 1.54) is 19.1 Å². The van der Waals surface area contributed by atoms with Crippen LogP contribution >= 0.6 is 11.6 Å². The molecule has 0 aliphatic heterocycles. The SMILES string of the molecule is CC(=O)Cc1ccc(O)c(Cl)c1F. The van der Waals surface area contributed by atoms with Gasteiger partial charge in [-0.05, 0) is 18.6 Å². The van der Waals surface area contributed by atoms with Gasteiger partial charge in [0, 0.05) is 6.42 Å². The molecule has 0 atom stereocenters. The van der Waals surface area contributed by atoms with Crippen molar-refractivity contribution in [1.82, 2.24) is 0 Å². The van der Waals surface area contributed by atoms with Crippen molar-refractivity contribution in [3.63, 3.8) is 0 Å². The van der Waals surface area contributed by atoms with Gasteiger partial charge in [0.2, 0.25) is 0 Å². The quantitative estimate of drug-likeness (QED) is 0.799. The van der Waals surface area contributed by atoms with Crippen molar-refractivity contribution in [3.8, 4) is 5.75 Å². The molecule has 1 aromatic rings. The van der Waals surface area contributed by atoms with Crippen molar-refractivity contribution < 1.29 is 14.3 Å². The summed E-state index contributed by atoms with van der Waals surface area (Å²) in [7, 11) is 0. The van der Waals surface area contributed by atoms with Crippen LogP contribution in [0, 0.1) is 5.82 Å². The van der Waals surface area contributed by atoms with Crippen LogP contribution < -0.4 is 0 Å². The number of carbonyl (C=O) groups is 1. The van der Waals surface area contributed by atoms with Gasteiger partial charge in [0.05, 0.1) is 0 Å². The monoisotopic (exact) mass is 202 g/mol. The fourth-order valence-electron chi connectivity index (χ4n) is 0.984. The molecule has 1 N–H and O–H groups in total. The van der Waals surface area contributed by atoms with Gasteiger partial charge in [-0.1, -0.05) is 17.7 Å². The topological polar surface area (TPSA) is 37.3 Å². The molecule has 0 unspecified atom stereocenters. The summed E-state index contributed by atoms with van der Waals surface area (Å²) in [6, 6.07) is 2.61. The zero-order valence-corrected chi connectivity index (χ0v) is 7.73. The number of rotatable bonds is 2. The van der Waals surface area contributed by atoms with E-state index >= 15 is 0 Å². The smallest absolute Gasteiger partial charge is 0.149 e. The Balaban J connectivity index is 3.10. The lowest BCUT2D eigenvalue weighted by Crippen LogP contribution is -1.99. The summed E-state index contributed by atoms with van der Waals surface area (Å²) in [4.78, 5) is 10.7. The molecule has 4 heteroatoms. The molecular formula is C9H8ClFO2. The first-order valence-electron chi connectivity index (χ1n) is 3.67. The number of benzene rings is 1. The number of aromatic hydroxyl groups is 1. The highest BCUT2D eigenvalue weighted by atomic mass is 35.5. The molecule has 0 aliphatic rings. The van der Waals surface area contributed by atoms with E-state index in [-0.39, 0.29) is 28.5 Å². The number of Topliss-reactive ketones (excluding diaryl/α,β-unsaturated/α-hetero) is 1. The number of hydrogen-bond acceptors (Lipinski definition) is 2. The summed E-state index contributed by atoms with van der Waals surface area (Å²) in [5.74, 6) is -1.19. The third-order valence-electron chi connectivity index (χ3n) is 1.58. The Kier molecular flexibility index (Phi) is 2.88. The van der Waals surface area contributed by atoms with E-state index in [2.05, 4.69) is 0 Å². The maximum absolute atomic E-state index is 13.2. The fourth-order valence-corrected chi connectivity index (χ4v) is 1.17. The molecular weight excluding hydrogens is 195 g/mol. The minimum atomic E-state index is -0.725. The van der Waals surface area contributed by atoms with Crippen LogP contribution in [0.2, 0.25) is 5.02 Å². The third kappa shape index (κ3) is 2.18. The Morgan fingerprint density at radius 1 is 1.62 bits per heavy atom. The molecule has 1 rings (SSSR count). The maximum Gasteiger partial charge on any atom is 0.149 e. The molecule has 70 valence electrons. The minimum absolute atomic E-state index is 0.00810. The van der Waals surface area contributed by atoms with Gasteiger partial charge in [-0.3, -0.25) is 4.79 Å². The van der Waals surface area contributed by atoms with Gasteiger partial charge in [-0.25, -0.2) is 4.39 Å². The standard InChI is InChI=1S/C9H8ClFO2/c1-5(12)4-6-2-3-7(13)8(10)9(6)11/h2-3,13H,4H2,1H3. The van der Waals surface area contributed by atoms with Crippen LogP contribution in [0.4, 0.5) is 4.39 Å². The number of hydrogen-bond donors (Lipinski definition) is 1. The zero-order valence-electron chi connectivity index (χ0n) is 6.97. The summed E-state index contributed by atoms with van der Waals surface area (Å²) in [6.07, 6.45) is -0.00810. The van der Waals surface area contributed by atoms with Crippen molar-refractivity contribution >= 4 is 17.4 Å². The highest BCUT2D eigenvalue weighted by molar-refractivity contribution is 6.32. The Morgan fingerprint density at radius 3 is 2.77 bits per heavy atom. The molecule has 0 spiro atoms. The second kappa shape index (κ2) is 3.75. The van der Waals surface area contributed by atoms with E-state index in [1.54, 1.807) is 0 Å². The largest absolute Gasteiger partial charge is 0.506 e. The van der Waals surface area contributed by atoms with E-state index in [0.29, 0.717) is 0 Å². The van der Waals surface area contributed by atoms with E-state index in [9.17, 15) is 9.18 Å². The van der Waals surface area contributed by atoms with Crippen molar-refractivity contribution in [2.45, 2.75) is 13.3 Å². The Labute approximate surface area is 80.0 Å². The first-order valence-corrected chi connectivity index (χ1v) is 4.05. The van der Waals surface area contributed by atoms with Crippen LogP contribution in [0.1, 0.15) is 12.5 Å². The second-order valence-corrected chi connectivity index (χ2v) is 3.13. The molecule has 0 bridgehead atoms. The zero-order chi connectivity index (χ0) is 10.0. The van der Waals surface area contributed by atoms with Crippen LogP contribution in [0.5, 0.6) is 5.75 Å². The average molecular weight is 203 g/mol. The van der Waals surface area contributed by atoms with Gasteiger partial charge < -0.3 is 5.11 Å². The lowest BCUT2D eigenvalue weighted by Gasteiger charge is -2.03. The molecule has 0 fully saturated rings. The molecule has 0 radical (unpaired) electrons. The first-order chi connectivity index (χ1) is 6.02. The van der Waals surface area contributed by atoms with Crippen molar-refractivity contribution in [2.24, 2.45) is 0 Å². The average Bonchev–Trinajstić information content (AvgIpc) is 2.06. The Hall–Kier alpha value is -1.09. The normalized spacial score (nSPS) is 10.1. The molecule has 0 heterocycles. The fraction of sp³-hybridized carbons (Fsp3) is 0.222. The first kappa shape index (κ1) is 9.99. The molecule has 0 saturated carbocycles. The lowest BCUT2D eigenvalue weighted by molar-refractivity contribution is -0.116. The van der Waals surface area contributed by atoms with Gasteiger partial charge in [0.25, 0.3) is 0 Å². The van der Waals surface area contributed by atoms with Crippen molar-refractivity contribution in [1.29, 1.82) is 0 Å². The predicted octanol–water partition coefficient (Wildman–Crippen LogP) is 2.32. The molecule has 2 nitrogen and oxygen atoms in total. The third-order valence-corrected chi connectivity index (χ3v) is 1.94. The number of ketones is 1. The lowest BCUT2D eigenvalue weighted by atomic mass is 10.1. The van der Waals surface area contributed by atoms with Crippen LogP contribution in [0.3, 0.4) is 0 Å². The van der Waals surface area contributed by atoms with E-state index < -0.39 is 5.82 Å². The maximum atomic E-state index is 13.2. The van der Waals surface area contributed by atoms with Crippen LogP contribution in [0.15, 0.2) is 12.1 Å². The van der Waals surface area contributed by atoms with Gasteiger partial charge in [-0.15, -0.1) is 0 Å². The molecule has 13 heavy (non-hydrogen) atoms. The van der Waals surface area contributed by atoms with E-state index in [4.69, 9.17) is 16.7 Å². The van der Waals surface area contributed by atoms with Crippen LogP contribution in [-0.4, -0.2) is 10.9 Å². The molecule has 1 aromatic carbocycles. The van der Waals surface area contributed by atoms with Crippen molar-refractivity contribution in [3.05, 3.63) is 28.5 Å². The highest BCUT2D eigenvalue weighted by Crippen LogP contribution is 2.28. The van der Waals surface area contributed by atoms with Crippen LogP contribution in [0.25, 0.3) is 0 Å². The molecule has 0 amide bonds. The minimum Gasteiger partial charge on any atom is -0.506 e. The second-order valence-electron chi connectivity index (χ2n) is 2.75. The number of phenolic OH excluding ortho intramolecular Hbond substituents is 1. The van der Waals surface area contributed by atoms with E-state index in [0.717, 1.165) is 0 Å². The Morgan fingerprint density at radius 2 is 2.23 bits per heavy atom. The number of carbonyl (C=O) groups excluding carboxylic acids is 1. The molecule has 0 aromatic heterocycles. The van der Waals surface area contributed by atoms with Gasteiger partial charge in [-0.2, -0.15) is 0 Å². The van der Waals surface area contributed by atoms with Gasteiger partial charge in [0.15, 0.2) is 0 Å². The summed E-state index contributed by atoms with van der Waals surface area (Å²) in [5.41, 5.74) is 0.204. The van der Waals surface area contributed by atoms with Gasteiger partial charge in [0.1, 0.15) is 22.4 Å². The Bertz CT molecular complexity index is 350. The number of phenols is 1. The predicted molar refractivity (Wildman–Crippen MR) is 47.5 cm³/mol. The molecule has 0 aliphatic carbocycles. The molecule has 0 saturated heterocycles. The van der Waals surface area contributed by atoms with Gasteiger partial charge >= 0.3 is 0 Å². The summed E-state index contributed by atoms with van der Waals surface area (Å²) in [6.45, 7) is 1.36. The highest BCUT2D eigenvalue weighted by Gasteiger charge is 2.11. The van der Waals surface area contributed by atoms with E-state index in [1.807, 2.05) is 0 Å². The number of halogens is 2.